The molecule has 1 aliphatic heterocycles. The van der Waals surface area contributed by atoms with Crippen LogP contribution in [0.5, 0.6) is 0 Å². The lowest BCUT2D eigenvalue weighted by atomic mass is 9.92. The summed E-state index contributed by atoms with van der Waals surface area (Å²) >= 11 is 0. The molecule has 0 bridgehead atoms. The first-order valence-electron chi connectivity index (χ1n) is 4.84. The lowest BCUT2D eigenvalue weighted by molar-refractivity contribution is 0.0729. The fourth-order valence-electron chi connectivity index (χ4n) is 1.84. The molecule has 0 saturated carbocycles. The molecule has 1 saturated heterocycles. The molecule has 0 aromatic carbocycles. The number of nitrogens with two attached hydrogens (primary N) is 1. The van der Waals surface area contributed by atoms with E-state index >= 15 is 0 Å². The Kier molecular flexibility index (Phi) is 3.98. The molecule has 1 heterocycles. The third-order valence-corrected chi connectivity index (χ3v) is 2.76. The number of hydrogen-bond acceptors (Lipinski definition) is 3. The van der Waals surface area contributed by atoms with Gasteiger partial charge in [-0.05, 0) is 38.8 Å². The Morgan fingerprint density at radius 1 is 1.50 bits per heavy atom. The van der Waals surface area contributed by atoms with Gasteiger partial charge in [-0.2, -0.15) is 0 Å². The number of likely N-dealkylation sites (tertiary alicyclic amines) is 1. The van der Waals surface area contributed by atoms with E-state index in [9.17, 15) is 5.11 Å². The van der Waals surface area contributed by atoms with Crippen molar-refractivity contribution in [2.24, 2.45) is 11.7 Å². The second kappa shape index (κ2) is 4.80. The summed E-state index contributed by atoms with van der Waals surface area (Å²) in [5.74, 6) is 0.513. The molecule has 0 amide bonds. The average molecular weight is 172 g/mol. The molecule has 1 aliphatic rings. The summed E-state index contributed by atoms with van der Waals surface area (Å²) in [6, 6.07) is 0. The normalized spacial score (nSPS) is 24.2. The second-order valence-electron chi connectivity index (χ2n) is 3.71. The maximum Gasteiger partial charge on any atom is 0.0541 e. The zero-order chi connectivity index (χ0) is 8.97. The van der Waals surface area contributed by atoms with Crippen LogP contribution >= 0.6 is 0 Å². The van der Waals surface area contributed by atoms with Crippen molar-refractivity contribution < 1.29 is 5.11 Å². The van der Waals surface area contributed by atoms with Crippen molar-refractivity contribution in [3.63, 3.8) is 0 Å². The molecule has 72 valence electrons. The van der Waals surface area contributed by atoms with Gasteiger partial charge in [-0.1, -0.05) is 0 Å². The number of nitrogens with zero attached hydrogens (tertiary/aromatic N) is 1. The Morgan fingerprint density at radius 2 is 2.08 bits per heavy atom. The molecule has 1 rings (SSSR count). The van der Waals surface area contributed by atoms with E-state index in [0.29, 0.717) is 5.92 Å². The highest BCUT2D eigenvalue weighted by Gasteiger charge is 2.21. The van der Waals surface area contributed by atoms with Gasteiger partial charge in [0, 0.05) is 13.1 Å². The van der Waals surface area contributed by atoms with Crippen LogP contribution in [0.4, 0.5) is 0 Å². The zero-order valence-corrected chi connectivity index (χ0v) is 7.87. The Labute approximate surface area is 74.5 Å². The van der Waals surface area contributed by atoms with Gasteiger partial charge in [0.25, 0.3) is 0 Å². The van der Waals surface area contributed by atoms with E-state index in [-0.39, 0.29) is 6.10 Å². The van der Waals surface area contributed by atoms with Crippen LogP contribution < -0.4 is 5.73 Å². The van der Waals surface area contributed by atoms with Gasteiger partial charge in [0.2, 0.25) is 0 Å². The van der Waals surface area contributed by atoms with Crippen molar-refractivity contribution in [3.8, 4) is 0 Å². The van der Waals surface area contributed by atoms with Gasteiger partial charge in [0.05, 0.1) is 6.10 Å². The molecule has 0 aliphatic carbocycles. The van der Waals surface area contributed by atoms with Crippen LogP contribution in [0.1, 0.15) is 19.8 Å². The van der Waals surface area contributed by atoms with Crippen molar-refractivity contribution in [2.45, 2.75) is 25.9 Å². The fourth-order valence-corrected chi connectivity index (χ4v) is 1.84. The smallest absolute Gasteiger partial charge is 0.0541 e. The van der Waals surface area contributed by atoms with E-state index in [2.05, 4.69) is 4.90 Å². The predicted octanol–water partition coefficient (Wildman–Crippen LogP) is 0.0379. The minimum Gasteiger partial charge on any atom is -0.393 e. The summed E-state index contributed by atoms with van der Waals surface area (Å²) < 4.78 is 0. The molecule has 1 fully saturated rings. The molecule has 0 spiro atoms. The van der Waals surface area contributed by atoms with Crippen molar-refractivity contribution >= 4 is 0 Å². The molecule has 12 heavy (non-hydrogen) atoms. The van der Waals surface area contributed by atoms with E-state index in [0.717, 1.165) is 39.0 Å². The topological polar surface area (TPSA) is 49.5 Å². The quantitative estimate of drug-likeness (QED) is 0.632. The minimum absolute atomic E-state index is 0.134. The Balaban J connectivity index is 2.20. The SMILES string of the molecule is CC(O)C1CCN(CCN)CC1. The third-order valence-electron chi connectivity index (χ3n) is 2.76. The molecule has 0 radical (unpaired) electrons. The van der Waals surface area contributed by atoms with Gasteiger partial charge in [-0.25, -0.2) is 0 Å². The molecular weight excluding hydrogens is 152 g/mol. The highest BCUT2D eigenvalue weighted by Crippen LogP contribution is 2.19. The molecule has 0 aromatic heterocycles. The van der Waals surface area contributed by atoms with Crippen LogP contribution in [0.15, 0.2) is 0 Å². The Bertz CT molecular complexity index is 120. The van der Waals surface area contributed by atoms with Crippen molar-refractivity contribution in [1.29, 1.82) is 0 Å². The lowest BCUT2D eigenvalue weighted by Gasteiger charge is -2.32. The first kappa shape index (κ1) is 9.96. The van der Waals surface area contributed by atoms with E-state index in [1.54, 1.807) is 0 Å². The molecule has 3 N–H and O–H groups in total. The van der Waals surface area contributed by atoms with Crippen LogP contribution in [0.3, 0.4) is 0 Å². The first-order chi connectivity index (χ1) is 5.74. The number of hydrogen-bond donors (Lipinski definition) is 2. The van der Waals surface area contributed by atoms with Crippen LogP contribution in [-0.4, -0.2) is 42.3 Å². The van der Waals surface area contributed by atoms with Crippen molar-refractivity contribution in [2.75, 3.05) is 26.2 Å². The van der Waals surface area contributed by atoms with Crippen molar-refractivity contribution in [1.82, 2.24) is 4.90 Å². The van der Waals surface area contributed by atoms with E-state index in [1.165, 1.54) is 0 Å². The number of rotatable bonds is 3. The van der Waals surface area contributed by atoms with Crippen LogP contribution in [0.25, 0.3) is 0 Å². The van der Waals surface area contributed by atoms with Crippen LogP contribution in [-0.2, 0) is 0 Å². The predicted molar refractivity (Wildman–Crippen MR) is 49.9 cm³/mol. The number of aliphatic hydroxyl groups is 1. The maximum atomic E-state index is 9.35. The van der Waals surface area contributed by atoms with Gasteiger partial charge < -0.3 is 15.7 Å². The summed E-state index contributed by atoms with van der Waals surface area (Å²) in [4.78, 5) is 2.37. The number of aliphatic hydroxyl groups excluding tert-OH is 1. The van der Waals surface area contributed by atoms with Gasteiger partial charge in [-0.15, -0.1) is 0 Å². The monoisotopic (exact) mass is 172 g/mol. The molecule has 1 atom stereocenters. The highest BCUT2D eigenvalue weighted by atomic mass is 16.3. The van der Waals surface area contributed by atoms with E-state index in [4.69, 9.17) is 5.73 Å². The van der Waals surface area contributed by atoms with Gasteiger partial charge in [-0.3, -0.25) is 0 Å². The maximum absolute atomic E-state index is 9.35. The summed E-state index contributed by atoms with van der Waals surface area (Å²) in [6.07, 6.45) is 2.11. The summed E-state index contributed by atoms with van der Waals surface area (Å²) in [5, 5.41) is 9.35. The summed E-state index contributed by atoms with van der Waals surface area (Å²) in [5.41, 5.74) is 5.46. The standard InChI is InChI=1S/C9H20N2O/c1-8(12)9-2-5-11(6-3-9)7-4-10/h8-9,12H,2-7,10H2,1H3. The van der Waals surface area contributed by atoms with E-state index in [1.807, 2.05) is 6.92 Å². The lowest BCUT2D eigenvalue weighted by Crippen LogP contribution is -2.39. The average Bonchev–Trinajstić information content (AvgIpc) is 2.06. The fraction of sp³-hybridized carbons (Fsp3) is 1.00. The van der Waals surface area contributed by atoms with Gasteiger partial charge in [0.15, 0.2) is 0 Å². The van der Waals surface area contributed by atoms with Crippen molar-refractivity contribution in [3.05, 3.63) is 0 Å². The van der Waals surface area contributed by atoms with Gasteiger partial charge in [0.1, 0.15) is 0 Å². The second-order valence-corrected chi connectivity index (χ2v) is 3.71. The Morgan fingerprint density at radius 3 is 2.50 bits per heavy atom. The van der Waals surface area contributed by atoms with E-state index < -0.39 is 0 Å². The Hall–Kier alpha value is -0.120. The molecular formula is C9H20N2O. The molecule has 0 aromatic rings. The zero-order valence-electron chi connectivity index (χ0n) is 7.87. The third kappa shape index (κ3) is 2.73. The van der Waals surface area contributed by atoms with Crippen LogP contribution in [0, 0.1) is 5.92 Å². The minimum atomic E-state index is -0.134. The first-order valence-corrected chi connectivity index (χ1v) is 4.84. The number of piperidine rings is 1. The highest BCUT2D eigenvalue weighted by molar-refractivity contribution is 4.75. The molecule has 3 heteroatoms. The van der Waals surface area contributed by atoms with Crippen LogP contribution in [0.2, 0.25) is 0 Å². The summed E-state index contributed by atoms with van der Waals surface area (Å²) in [7, 11) is 0. The van der Waals surface area contributed by atoms with Gasteiger partial charge >= 0.3 is 0 Å². The largest absolute Gasteiger partial charge is 0.393 e. The molecule has 1 unspecified atom stereocenters. The molecule has 3 nitrogen and oxygen atoms in total. The summed E-state index contributed by atoms with van der Waals surface area (Å²) in [6.45, 7) is 5.86.